The first-order valence-electron chi connectivity index (χ1n) is 10.7. The predicted molar refractivity (Wildman–Crippen MR) is 126 cm³/mol. The Balaban J connectivity index is 1.64. The van der Waals surface area contributed by atoms with E-state index >= 15 is 0 Å². The highest BCUT2D eigenvalue weighted by Crippen LogP contribution is 2.21. The third-order valence-corrected chi connectivity index (χ3v) is 5.21. The number of azo groups is 1. The Hall–Kier alpha value is -2.86. The SMILES string of the molecule is CCCOCCOCCNC(=O)CCNc1ccc(/N=N/c2ccc(S(N)(=O)=O)cc2)cc1. The molecule has 0 aromatic heterocycles. The highest BCUT2D eigenvalue weighted by atomic mass is 32.2. The number of rotatable bonds is 15. The minimum absolute atomic E-state index is 0.0202. The Morgan fingerprint density at radius 1 is 0.879 bits per heavy atom. The number of primary sulfonamides is 1. The van der Waals surface area contributed by atoms with Crippen molar-refractivity contribution >= 4 is 33.0 Å². The summed E-state index contributed by atoms with van der Waals surface area (Å²) >= 11 is 0. The fourth-order valence-electron chi connectivity index (χ4n) is 2.60. The van der Waals surface area contributed by atoms with E-state index in [0.717, 1.165) is 18.7 Å². The number of nitrogens with zero attached hydrogens (tertiary/aromatic N) is 2. The molecule has 1 amide bonds. The van der Waals surface area contributed by atoms with E-state index in [4.69, 9.17) is 14.6 Å². The van der Waals surface area contributed by atoms with Gasteiger partial charge in [0.15, 0.2) is 0 Å². The van der Waals surface area contributed by atoms with Crippen LogP contribution < -0.4 is 15.8 Å². The standard InChI is InChI=1S/C22H31N5O5S/c1-2-14-31-16-17-32-15-13-25-22(28)11-12-24-18-3-5-19(6-4-18)26-27-20-7-9-21(10-8-20)33(23,29)30/h3-10,24H,2,11-17H2,1H3,(H,25,28)(H2,23,29,30)/b27-26+. The van der Waals surface area contributed by atoms with E-state index in [2.05, 4.69) is 27.8 Å². The van der Waals surface area contributed by atoms with Crippen molar-refractivity contribution in [1.82, 2.24) is 5.32 Å². The maximum absolute atomic E-state index is 11.9. The van der Waals surface area contributed by atoms with Gasteiger partial charge < -0.3 is 20.1 Å². The van der Waals surface area contributed by atoms with Gasteiger partial charge in [0.25, 0.3) is 0 Å². The molecule has 10 nitrogen and oxygen atoms in total. The zero-order valence-corrected chi connectivity index (χ0v) is 19.5. The molecule has 0 fully saturated rings. The lowest BCUT2D eigenvalue weighted by atomic mass is 10.3. The molecule has 0 bridgehead atoms. The number of hydrogen-bond donors (Lipinski definition) is 3. The van der Waals surface area contributed by atoms with Crippen LogP contribution >= 0.6 is 0 Å². The largest absolute Gasteiger partial charge is 0.385 e. The first-order valence-corrected chi connectivity index (χ1v) is 12.2. The van der Waals surface area contributed by atoms with Gasteiger partial charge >= 0.3 is 0 Å². The molecule has 0 atom stereocenters. The molecule has 2 aromatic carbocycles. The Labute approximate surface area is 194 Å². The van der Waals surface area contributed by atoms with Gasteiger partial charge in [-0.2, -0.15) is 10.2 Å². The van der Waals surface area contributed by atoms with Crippen molar-refractivity contribution in [3.8, 4) is 0 Å². The van der Waals surface area contributed by atoms with Crippen LogP contribution in [0.4, 0.5) is 17.1 Å². The zero-order valence-electron chi connectivity index (χ0n) is 18.7. The van der Waals surface area contributed by atoms with Gasteiger partial charge in [0, 0.05) is 31.8 Å². The zero-order chi connectivity index (χ0) is 23.9. The lowest BCUT2D eigenvalue weighted by Crippen LogP contribution is -2.29. The lowest BCUT2D eigenvalue weighted by Gasteiger charge is -2.08. The maximum atomic E-state index is 11.9. The van der Waals surface area contributed by atoms with Gasteiger partial charge in [0.05, 0.1) is 36.1 Å². The van der Waals surface area contributed by atoms with Crippen LogP contribution in [-0.2, 0) is 24.3 Å². The van der Waals surface area contributed by atoms with Crippen LogP contribution in [0.2, 0.25) is 0 Å². The second kappa shape index (κ2) is 14.3. The fourth-order valence-corrected chi connectivity index (χ4v) is 3.12. The van der Waals surface area contributed by atoms with Crippen LogP contribution in [-0.4, -0.2) is 53.8 Å². The van der Waals surface area contributed by atoms with Crippen molar-refractivity contribution in [1.29, 1.82) is 0 Å². The molecule has 33 heavy (non-hydrogen) atoms. The van der Waals surface area contributed by atoms with Crippen molar-refractivity contribution in [2.75, 3.05) is 44.8 Å². The number of sulfonamides is 1. The number of nitrogens with one attached hydrogen (secondary N) is 2. The molecule has 0 unspecified atom stereocenters. The molecular formula is C22H31N5O5S. The fraction of sp³-hybridized carbons (Fsp3) is 0.409. The van der Waals surface area contributed by atoms with E-state index in [9.17, 15) is 13.2 Å². The van der Waals surface area contributed by atoms with Crippen LogP contribution in [0.5, 0.6) is 0 Å². The third-order valence-electron chi connectivity index (χ3n) is 4.28. The molecule has 0 saturated carbocycles. The van der Waals surface area contributed by atoms with Crippen LogP contribution in [0.3, 0.4) is 0 Å². The molecule has 0 radical (unpaired) electrons. The quantitative estimate of drug-likeness (QED) is 0.265. The molecule has 0 saturated heterocycles. The van der Waals surface area contributed by atoms with Gasteiger partial charge in [-0.1, -0.05) is 6.92 Å². The average Bonchev–Trinajstić information content (AvgIpc) is 2.80. The Morgan fingerprint density at radius 3 is 2.03 bits per heavy atom. The normalized spacial score (nSPS) is 11.6. The number of nitrogens with two attached hydrogens (primary N) is 1. The number of ether oxygens (including phenoxy) is 2. The highest BCUT2D eigenvalue weighted by Gasteiger charge is 2.06. The van der Waals surface area contributed by atoms with Crippen LogP contribution in [0, 0.1) is 0 Å². The predicted octanol–water partition coefficient (Wildman–Crippen LogP) is 3.11. The summed E-state index contributed by atoms with van der Waals surface area (Å²) in [5, 5.41) is 19.3. The van der Waals surface area contributed by atoms with Crippen molar-refractivity contribution in [2.45, 2.75) is 24.7 Å². The minimum atomic E-state index is -3.73. The maximum Gasteiger partial charge on any atom is 0.238 e. The summed E-state index contributed by atoms with van der Waals surface area (Å²) in [6, 6.07) is 13.1. The number of benzene rings is 2. The van der Waals surface area contributed by atoms with Crippen molar-refractivity contribution < 1.29 is 22.7 Å². The molecule has 0 aliphatic heterocycles. The molecule has 0 spiro atoms. The second-order valence-electron chi connectivity index (χ2n) is 7.04. The summed E-state index contributed by atoms with van der Waals surface area (Å²) in [7, 11) is -3.73. The van der Waals surface area contributed by atoms with Crippen molar-refractivity contribution in [3.63, 3.8) is 0 Å². The van der Waals surface area contributed by atoms with Gasteiger partial charge in [-0.05, 0) is 55.0 Å². The van der Waals surface area contributed by atoms with Gasteiger partial charge in [0.1, 0.15) is 0 Å². The molecular weight excluding hydrogens is 446 g/mol. The number of hydrogen-bond acceptors (Lipinski definition) is 8. The Morgan fingerprint density at radius 2 is 1.45 bits per heavy atom. The second-order valence-corrected chi connectivity index (χ2v) is 8.60. The highest BCUT2D eigenvalue weighted by molar-refractivity contribution is 7.89. The van der Waals surface area contributed by atoms with E-state index in [1.54, 1.807) is 12.1 Å². The molecule has 11 heteroatoms. The number of carbonyl (C=O) groups excluding carboxylic acids is 1. The number of amides is 1. The molecule has 2 aromatic rings. The summed E-state index contributed by atoms with van der Waals surface area (Å²) in [4.78, 5) is 11.9. The van der Waals surface area contributed by atoms with E-state index < -0.39 is 10.0 Å². The molecule has 0 aliphatic rings. The Bertz CT molecular complexity index is 979. The van der Waals surface area contributed by atoms with E-state index in [0.29, 0.717) is 50.7 Å². The van der Waals surface area contributed by atoms with Gasteiger partial charge in [-0.25, -0.2) is 13.6 Å². The first-order chi connectivity index (χ1) is 15.9. The van der Waals surface area contributed by atoms with E-state index in [-0.39, 0.29) is 10.8 Å². The lowest BCUT2D eigenvalue weighted by molar-refractivity contribution is -0.121. The molecule has 4 N–H and O–H groups in total. The van der Waals surface area contributed by atoms with Crippen molar-refractivity contribution in [3.05, 3.63) is 48.5 Å². The van der Waals surface area contributed by atoms with Crippen LogP contribution in [0.25, 0.3) is 0 Å². The summed E-state index contributed by atoms with van der Waals surface area (Å²) < 4.78 is 33.2. The monoisotopic (exact) mass is 477 g/mol. The number of anilines is 1. The summed E-state index contributed by atoms with van der Waals surface area (Å²) in [5.74, 6) is -0.0489. The summed E-state index contributed by atoms with van der Waals surface area (Å²) in [6.45, 7) is 5.31. The first kappa shape index (κ1) is 26.4. The van der Waals surface area contributed by atoms with Crippen LogP contribution in [0.15, 0.2) is 63.7 Å². The van der Waals surface area contributed by atoms with Gasteiger partial charge in [-0.3, -0.25) is 4.79 Å². The summed E-state index contributed by atoms with van der Waals surface area (Å²) in [6.07, 6.45) is 1.33. The van der Waals surface area contributed by atoms with Crippen molar-refractivity contribution in [2.24, 2.45) is 15.4 Å². The molecule has 0 aliphatic carbocycles. The topological polar surface area (TPSA) is 144 Å². The average molecular weight is 478 g/mol. The molecule has 180 valence electrons. The summed E-state index contributed by atoms with van der Waals surface area (Å²) in [5.41, 5.74) is 1.99. The van der Waals surface area contributed by atoms with Crippen LogP contribution in [0.1, 0.15) is 19.8 Å². The van der Waals surface area contributed by atoms with E-state index in [1.807, 2.05) is 12.1 Å². The minimum Gasteiger partial charge on any atom is -0.385 e. The van der Waals surface area contributed by atoms with Gasteiger partial charge in [0.2, 0.25) is 15.9 Å². The number of carbonyl (C=O) groups is 1. The van der Waals surface area contributed by atoms with Gasteiger partial charge in [-0.15, -0.1) is 0 Å². The molecule has 2 rings (SSSR count). The Kier molecular flexibility index (Phi) is 11.5. The molecule has 0 heterocycles. The van der Waals surface area contributed by atoms with E-state index in [1.165, 1.54) is 24.3 Å². The smallest absolute Gasteiger partial charge is 0.238 e. The third kappa shape index (κ3) is 11.0.